The molecule has 4 heterocycles. The first kappa shape index (κ1) is 38.8. The largest absolute Gasteiger partial charge is 0.456 e. The van der Waals surface area contributed by atoms with Gasteiger partial charge in [-0.05, 0) is 63.7 Å². The third kappa shape index (κ3) is 6.23. The summed E-state index contributed by atoms with van der Waals surface area (Å²) in [5.41, 5.74) is 15.4. The molecule has 0 aliphatic carbocycles. The normalized spacial score (nSPS) is 11.8. The lowest BCUT2D eigenvalue weighted by atomic mass is 9.99. The second kappa shape index (κ2) is 15.6. The Balaban J connectivity index is 1.07. The van der Waals surface area contributed by atoms with Gasteiger partial charge in [0.25, 0.3) is 0 Å². The number of hydrogen-bond acceptors (Lipinski definition) is 4. The van der Waals surface area contributed by atoms with Crippen LogP contribution in [0.3, 0.4) is 0 Å². The second-order valence-electron chi connectivity index (χ2n) is 17.5. The van der Waals surface area contributed by atoms with E-state index in [1.807, 2.05) is 12.1 Å². The van der Waals surface area contributed by atoms with Crippen molar-refractivity contribution in [2.75, 3.05) is 0 Å². The Kier molecular flexibility index (Phi) is 8.79. The predicted molar refractivity (Wildman–Crippen MR) is 283 cm³/mol. The van der Waals surface area contributed by atoms with Crippen LogP contribution in [0.2, 0.25) is 0 Å². The molecule has 0 atom stereocenters. The molecule has 10 aromatic carbocycles. The number of furan rings is 1. The molecule has 0 spiro atoms. The fourth-order valence-electron chi connectivity index (χ4n) is 10.5. The van der Waals surface area contributed by atoms with Gasteiger partial charge in [-0.1, -0.05) is 206 Å². The number of benzene rings is 10. The van der Waals surface area contributed by atoms with Crippen molar-refractivity contribution in [3.8, 4) is 67.8 Å². The molecule has 0 unspecified atom stereocenters. The van der Waals surface area contributed by atoms with E-state index in [9.17, 15) is 0 Å². The quantitative estimate of drug-likeness (QED) is 0.160. The molecule has 14 aromatic rings. The molecule has 0 N–H and O–H groups in total. The van der Waals surface area contributed by atoms with Crippen LogP contribution in [0.5, 0.6) is 0 Å². The first-order chi connectivity index (χ1) is 34.2. The van der Waals surface area contributed by atoms with Crippen molar-refractivity contribution in [2.24, 2.45) is 0 Å². The van der Waals surface area contributed by atoms with E-state index in [4.69, 9.17) is 19.4 Å². The maximum atomic E-state index is 6.74. The Morgan fingerprint density at radius 1 is 0.290 bits per heavy atom. The third-order valence-corrected chi connectivity index (χ3v) is 13.6. The summed E-state index contributed by atoms with van der Waals surface area (Å²) in [7, 11) is 0. The summed E-state index contributed by atoms with van der Waals surface area (Å²) in [5.74, 6) is 1.70. The zero-order valence-corrected chi connectivity index (χ0v) is 37.2. The van der Waals surface area contributed by atoms with Crippen molar-refractivity contribution in [3.63, 3.8) is 0 Å². The van der Waals surface area contributed by atoms with E-state index in [1.165, 1.54) is 0 Å². The fourth-order valence-corrected chi connectivity index (χ4v) is 10.5. The lowest BCUT2D eigenvalue weighted by Gasteiger charge is -2.14. The lowest BCUT2D eigenvalue weighted by molar-refractivity contribution is 0.669. The number of hydrogen-bond donors (Lipinski definition) is 0. The molecule has 0 saturated heterocycles. The van der Waals surface area contributed by atoms with Crippen LogP contribution in [0.15, 0.2) is 241 Å². The summed E-state index contributed by atoms with van der Waals surface area (Å²) < 4.78 is 11.4. The third-order valence-electron chi connectivity index (χ3n) is 13.6. The molecule has 0 fully saturated rings. The minimum absolute atomic E-state index is 0.531. The molecule has 0 bridgehead atoms. The van der Waals surface area contributed by atoms with E-state index < -0.39 is 0 Å². The average molecular weight is 882 g/mol. The molecule has 69 heavy (non-hydrogen) atoms. The highest BCUT2D eigenvalue weighted by Gasteiger charge is 2.26. The maximum Gasteiger partial charge on any atom is 0.238 e. The van der Waals surface area contributed by atoms with Gasteiger partial charge >= 0.3 is 0 Å². The molecular weight excluding hydrogens is 843 g/mol. The fraction of sp³-hybridized carbons (Fsp3) is 0. The first-order valence-electron chi connectivity index (χ1n) is 23.3. The van der Waals surface area contributed by atoms with Gasteiger partial charge in [0.1, 0.15) is 11.2 Å². The highest BCUT2D eigenvalue weighted by Crippen LogP contribution is 2.45. The van der Waals surface area contributed by atoms with Gasteiger partial charge in [-0.2, -0.15) is 9.97 Å². The van der Waals surface area contributed by atoms with E-state index in [1.54, 1.807) is 0 Å². The summed E-state index contributed by atoms with van der Waals surface area (Å²) >= 11 is 0. The predicted octanol–water partition coefficient (Wildman–Crippen LogP) is 16.3. The molecule has 0 amide bonds. The van der Waals surface area contributed by atoms with Gasteiger partial charge in [0.2, 0.25) is 5.95 Å². The zero-order valence-electron chi connectivity index (χ0n) is 37.2. The van der Waals surface area contributed by atoms with Crippen molar-refractivity contribution in [3.05, 3.63) is 237 Å². The number of nitrogens with zero attached hydrogens (tertiary/aromatic N) is 5. The van der Waals surface area contributed by atoms with E-state index in [2.05, 4.69) is 234 Å². The van der Waals surface area contributed by atoms with Crippen LogP contribution in [-0.2, 0) is 0 Å². The van der Waals surface area contributed by atoms with E-state index >= 15 is 0 Å². The van der Waals surface area contributed by atoms with Crippen molar-refractivity contribution in [1.82, 2.24) is 24.1 Å². The van der Waals surface area contributed by atoms with Gasteiger partial charge in [-0.25, -0.2) is 4.98 Å². The standard InChI is InChI=1S/C63H39N5O/c1-4-16-40(17-5-1)42-30-34-45(35-31-42)61-64-62(46-36-32-43(33-37-46)41-18-6-2-7-19-41)66-63(65-61)68-53-26-13-11-23-49(53)51-39-38-50-48-22-10-12-25-52(48)67(59(50)60(51)68)54-27-15-29-56-58(54)57-47(24-14-28-55(57)69-56)44-20-8-3-9-21-44/h1-39H. The highest BCUT2D eigenvalue weighted by molar-refractivity contribution is 6.25. The minimum Gasteiger partial charge on any atom is -0.456 e. The first-order valence-corrected chi connectivity index (χ1v) is 23.3. The van der Waals surface area contributed by atoms with Crippen molar-refractivity contribution >= 4 is 65.6 Å². The number of para-hydroxylation sites is 2. The van der Waals surface area contributed by atoms with Crippen LogP contribution in [-0.4, -0.2) is 24.1 Å². The molecule has 0 radical (unpaired) electrons. The summed E-state index contributed by atoms with van der Waals surface area (Å²) in [5, 5.41) is 6.60. The van der Waals surface area contributed by atoms with Crippen LogP contribution in [0.1, 0.15) is 0 Å². The summed E-state index contributed by atoms with van der Waals surface area (Å²) in [6.07, 6.45) is 0. The smallest absolute Gasteiger partial charge is 0.238 e. The Labute approximate surface area is 396 Å². The molecule has 0 aliphatic heterocycles. The van der Waals surface area contributed by atoms with Crippen LogP contribution in [0.25, 0.3) is 133 Å². The minimum atomic E-state index is 0.531. The summed E-state index contributed by atoms with van der Waals surface area (Å²) in [4.78, 5) is 16.1. The molecular formula is C63H39N5O. The number of aromatic nitrogens is 5. The SMILES string of the molecule is c1ccc(-c2ccc(-c3nc(-c4ccc(-c5ccccc5)cc4)nc(-n4c5ccccc5c5ccc6c7ccccc7n(-c7cccc8oc9cccc(-c%10ccccc%10)c9c78)c6c54)n3)cc2)cc1. The van der Waals surface area contributed by atoms with Crippen molar-refractivity contribution < 1.29 is 4.42 Å². The Bertz CT molecular complexity index is 4170. The molecule has 6 nitrogen and oxygen atoms in total. The average Bonchev–Trinajstić information content (AvgIpc) is 4.10. The Morgan fingerprint density at radius 2 is 0.725 bits per heavy atom. The Hall–Kier alpha value is -9.39. The Morgan fingerprint density at radius 3 is 1.29 bits per heavy atom. The van der Waals surface area contributed by atoms with Crippen molar-refractivity contribution in [1.29, 1.82) is 0 Å². The van der Waals surface area contributed by atoms with Gasteiger partial charge in [-0.15, -0.1) is 0 Å². The summed E-state index contributed by atoms with van der Waals surface area (Å²) in [6, 6.07) is 83.2. The van der Waals surface area contributed by atoms with Gasteiger partial charge < -0.3 is 8.98 Å². The molecule has 6 heteroatoms. The highest BCUT2D eigenvalue weighted by atomic mass is 16.3. The zero-order chi connectivity index (χ0) is 45.4. The maximum absolute atomic E-state index is 6.74. The van der Waals surface area contributed by atoms with E-state index in [0.29, 0.717) is 17.6 Å². The van der Waals surface area contributed by atoms with E-state index in [0.717, 1.165) is 116 Å². The summed E-state index contributed by atoms with van der Waals surface area (Å²) in [6.45, 7) is 0. The number of rotatable bonds is 7. The molecule has 14 rings (SSSR count). The topological polar surface area (TPSA) is 61.7 Å². The van der Waals surface area contributed by atoms with Gasteiger partial charge in [0.05, 0.1) is 33.1 Å². The van der Waals surface area contributed by atoms with E-state index in [-0.39, 0.29) is 0 Å². The lowest BCUT2D eigenvalue weighted by Crippen LogP contribution is -2.07. The monoisotopic (exact) mass is 881 g/mol. The van der Waals surface area contributed by atoms with Crippen LogP contribution < -0.4 is 0 Å². The van der Waals surface area contributed by atoms with Gasteiger partial charge in [0.15, 0.2) is 11.6 Å². The second-order valence-corrected chi connectivity index (χ2v) is 17.5. The van der Waals surface area contributed by atoms with Gasteiger partial charge in [-0.3, -0.25) is 4.57 Å². The molecule has 0 aliphatic rings. The van der Waals surface area contributed by atoms with Crippen molar-refractivity contribution in [2.45, 2.75) is 0 Å². The van der Waals surface area contributed by atoms with Crippen LogP contribution >= 0.6 is 0 Å². The molecule has 0 saturated carbocycles. The van der Waals surface area contributed by atoms with Crippen LogP contribution in [0, 0.1) is 0 Å². The molecule has 322 valence electrons. The van der Waals surface area contributed by atoms with Crippen LogP contribution in [0.4, 0.5) is 0 Å². The number of fused-ring (bicyclic) bond motifs is 10. The molecule has 4 aromatic heterocycles. The van der Waals surface area contributed by atoms with Gasteiger partial charge in [0, 0.05) is 38.1 Å².